The number of nitro benzene ring substituents is 1. The summed E-state index contributed by atoms with van der Waals surface area (Å²) in [6, 6.07) is 17.7. The van der Waals surface area contributed by atoms with E-state index >= 15 is 0 Å². The number of hydrogen-bond acceptors (Lipinski definition) is 5. The molecule has 0 radical (unpaired) electrons. The van der Waals surface area contributed by atoms with Crippen molar-refractivity contribution in [2.24, 2.45) is 4.99 Å². The van der Waals surface area contributed by atoms with Crippen molar-refractivity contribution in [1.82, 2.24) is 4.57 Å². The lowest BCUT2D eigenvalue weighted by Crippen LogP contribution is -2.16. The molecule has 2 heterocycles. The third kappa shape index (κ3) is 3.76. The summed E-state index contributed by atoms with van der Waals surface area (Å²) in [5.74, 6) is 0.697. The molecule has 0 amide bonds. The van der Waals surface area contributed by atoms with Gasteiger partial charge in [-0.25, -0.2) is 4.99 Å². The van der Waals surface area contributed by atoms with Crippen LogP contribution in [0, 0.1) is 10.1 Å². The highest BCUT2D eigenvalue weighted by Gasteiger charge is 2.15. The van der Waals surface area contributed by atoms with Crippen LogP contribution in [-0.2, 0) is 6.54 Å². The van der Waals surface area contributed by atoms with Gasteiger partial charge in [0.15, 0.2) is 10.6 Å². The molecule has 0 aliphatic rings. The number of hydrogen-bond donors (Lipinski definition) is 0. The van der Waals surface area contributed by atoms with E-state index in [1.54, 1.807) is 24.5 Å². The third-order valence-electron chi connectivity index (χ3n) is 4.10. The second kappa shape index (κ2) is 7.84. The Bertz CT molecular complexity index is 1200. The molecule has 0 unspecified atom stereocenters. The van der Waals surface area contributed by atoms with E-state index in [-0.39, 0.29) is 5.69 Å². The number of rotatable bonds is 5. The first-order valence-electron chi connectivity index (χ1n) is 8.36. The van der Waals surface area contributed by atoms with Crippen molar-refractivity contribution in [1.29, 1.82) is 0 Å². The van der Waals surface area contributed by atoms with E-state index < -0.39 is 4.92 Å². The average Bonchev–Trinajstić information content (AvgIpc) is 3.33. The van der Waals surface area contributed by atoms with Crippen molar-refractivity contribution in [3.63, 3.8) is 0 Å². The number of halogens is 1. The predicted molar refractivity (Wildman–Crippen MR) is 109 cm³/mol. The van der Waals surface area contributed by atoms with Crippen LogP contribution in [0.25, 0.3) is 11.5 Å². The highest BCUT2D eigenvalue weighted by molar-refractivity contribution is 7.07. The van der Waals surface area contributed by atoms with Gasteiger partial charge in [-0.3, -0.25) is 10.1 Å². The minimum absolute atomic E-state index is 0.0373. The number of para-hydroxylation sites is 2. The lowest BCUT2D eigenvalue weighted by molar-refractivity contribution is -0.384. The van der Waals surface area contributed by atoms with Gasteiger partial charge in [0, 0.05) is 16.5 Å². The molecule has 6 nitrogen and oxygen atoms in total. The lowest BCUT2D eigenvalue weighted by Gasteiger charge is -2.08. The van der Waals surface area contributed by atoms with Gasteiger partial charge in [0.05, 0.1) is 23.4 Å². The molecule has 0 N–H and O–H groups in total. The van der Waals surface area contributed by atoms with Crippen molar-refractivity contribution in [3.05, 3.63) is 97.8 Å². The predicted octanol–water partition coefficient (Wildman–Crippen LogP) is 5.65. The first-order chi connectivity index (χ1) is 13.6. The fourth-order valence-electron chi connectivity index (χ4n) is 2.83. The van der Waals surface area contributed by atoms with Gasteiger partial charge in [-0.15, -0.1) is 11.3 Å². The third-order valence-corrected chi connectivity index (χ3v) is 5.19. The molecule has 2 aromatic carbocycles. The number of nitrogens with zero attached hydrogens (tertiary/aromatic N) is 3. The summed E-state index contributed by atoms with van der Waals surface area (Å²) >= 11 is 7.52. The van der Waals surface area contributed by atoms with E-state index in [9.17, 15) is 10.1 Å². The van der Waals surface area contributed by atoms with Crippen LogP contribution in [0.3, 0.4) is 0 Å². The Labute approximate surface area is 169 Å². The van der Waals surface area contributed by atoms with Crippen molar-refractivity contribution in [2.75, 3.05) is 0 Å². The first kappa shape index (κ1) is 18.2. The molecule has 0 saturated carbocycles. The molecular weight excluding hydrogens is 398 g/mol. The van der Waals surface area contributed by atoms with Crippen LogP contribution in [-0.4, -0.2) is 9.49 Å². The van der Waals surface area contributed by atoms with Gasteiger partial charge in [0.25, 0.3) is 5.69 Å². The normalized spacial score (nSPS) is 11.7. The van der Waals surface area contributed by atoms with Gasteiger partial charge in [-0.05, 0) is 35.9 Å². The number of thiazole rings is 1. The van der Waals surface area contributed by atoms with E-state index in [1.807, 2.05) is 46.3 Å². The van der Waals surface area contributed by atoms with E-state index in [2.05, 4.69) is 4.99 Å². The molecule has 28 heavy (non-hydrogen) atoms. The van der Waals surface area contributed by atoms with Crippen molar-refractivity contribution >= 4 is 34.3 Å². The Balaban J connectivity index is 1.88. The second-order valence-corrected chi connectivity index (χ2v) is 7.23. The summed E-state index contributed by atoms with van der Waals surface area (Å²) in [5.41, 5.74) is 2.10. The molecule has 2 aromatic heterocycles. The zero-order valence-corrected chi connectivity index (χ0v) is 16.1. The second-order valence-electron chi connectivity index (χ2n) is 5.95. The number of aromatic nitrogens is 1. The Hall–Kier alpha value is -3.16. The van der Waals surface area contributed by atoms with Crippen LogP contribution in [0.4, 0.5) is 11.4 Å². The minimum atomic E-state index is -0.429. The maximum absolute atomic E-state index is 11.3. The van der Waals surface area contributed by atoms with Gasteiger partial charge < -0.3 is 8.98 Å². The van der Waals surface area contributed by atoms with E-state index in [4.69, 9.17) is 16.0 Å². The summed E-state index contributed by atoms with van der Waals surface area (Å²) in [5, 5.41) is 13.9. The van der Waals surface area contributed by atoms with Crippen molar-refractivity contribution in [3.8, 4) is 11.5 Å². The van der Waals surface area contributed by atoms with Crippen molar-refractivity contribution in [2.45, 2.75) is 6.54 Å². The lowest BCUT2D eigenvalue weighted by atomic mass is 10.2. The summed E-state index contributed by atoms with van der Waals surface area (Å²) in [6.45, 7) is 0.500. The monoisotopic (exact) mass is 411 g/mol. The first-order valence-corrected chi connectivity index (χ1v) is 9.62. The summed E-state index contributed by atoms with van der Waals surface area (Å²) in [7, 11) is 0. The molecule has 8 heteroatoms. The zero-order valence-electron chi connectivity index (χ0n) is 14.5. The fourth-order valence-corrected chi connectivity index (χ4v) is 3.94. The van der Waals surface area contributed by atoms with Gasteiger partial charge in [0.2, 0.25) is 0 Å². The maximum Gasteiger partial charge on any atom is 0.294 e. The molecule has 0 saturated heterocycles. The van der Waals surface area contributed by atoms with Crippen LogP contribution in [0.15, 0.2) is 81.7 Å². The highest BCUT2D eigenvalue weighted by atomic mass is 35.5. The minimum Gasteiger partial charge on any atom is -0.463 e. The molecule has 4 rings (SSSR count). The van der Waals surface area contributed by atoms with Gasteiger partial charge in [0.1, 0.15) is 5.69 Å². The van der Waals surface area contributed by atoms with Crippen LogP contribution < -0.4 is 4.80 Å². The standard InChI is InChI=1S/C20H14ClN3O3S/c21-15-6-3-5-14(11-15)12-23-18(19-9-4-10-27-19)13-28-20(23)22-16-7-1-2-8-17(16)24(25)26/h1-11,13H,12H2. The largest absolute Gasteiger partial charge is 0.463 e. The van der Waals surface area contributed by atoms with Crippen LogP contribution in [0.5, 0.6) is 0 Å². The number of furan rings is 1. The SMILES string of the molecule is O=[N+]([O-])c1ccccc1N=c1scc(-c2ccco2)n1Cc1cccc(Cl)c1. The molecule has 0 aliphatic carbocycles. The van der Waals surface area contributed by atoms with Gasteiger partial charge >= 0.3 is 0 Å². The van der Waals surface area contributed by atoms with E-state index in [1.165, 1.54) is 17.4 Å². The summed E-state index contributed by atoms with van der Waals surface area (Å²) in [6.07, 6.45) is 1.61. The van der Waals surface area contributed by atoms with Gasteiger partial charge in [-0.2, -0.15) is 0 Å². The molecule has 0 aliphatic heterocycles. The molecule has 0 bridgehead atoms. The van der Waals surface area contributed by atoms with Crippen molar-refractivity contribution < 1.29 is 9.34 Å². The Morgan fingerprint density at radius 3 is 2.75 bits per heavy atom. The molecule has 140 valence electrons. The highest BCUT2D eigenvalue weighted by Crippen LogP contribution is 2.27. The molecule has 0 atom stereocenters. The maximum atomic E-state index is 11.3. The zero-order chi connectivity index (χ0) is 19.5. The Kier molecular flexibility index (Phi) is 5.10. The topological polar surface area (TPSA) is 73.6 Å². The number of nitro groups is 1. The van der Waals surface area contributed by atoms with Crippen LogP contribution >= 0.6 is 22.9 Å². The molecular formula is C20H14ClN3O3S. The number of benzene rings is 2. The average molecular weight is 412 g/mol. The Morgan fingerprint density at radius 1 is 1.14 bits per heavy atom. The Morgan fingerprint density at radius 2 is 2.00 bits per heavy atom. The van der Waals surface area contributed by atoms with Crippen LogP contribution in [0.1, 0.15) is 5.56 Å². The fraction of sp³-hybridized carbons (Fsp3) is 0.0500. The van der Waals surface area contributed by atoms with E-state index in [0.29, 0.717) is 27.8 Å². The summed E-state index contributed by atoms with van der Waals surface area (Å²) in [4.78, 5) is 16.1. The smallest absolute Gasteiger partial charge is 0.294 e. The van der Waals surface area contributed by atoms with E-state index in [0.717, 1.165) is 11.3 Å². The van der Waals surface area contributed by atoms with Gasteiger partial charge in [-0.1, -0.05) is 35.9 Å². The van der Waals surface area contributed by atoms with Crippen LogP contribution in [0.2, 0.25) is 5.02 Å². The summed E-state index contributed by atoms with van der Waals surface area (Å²) < 4.78 is 7.52. The quantitative estimate of drug-likeness (QED) is 0.314. The molecule has 0 spiro atoms. The molecule has 0 fully saturated rings. The molecule has 4 aromatic rings.